The molecular weight excluding hydrogens is 359 g/mol. The minimum Gasteiger partial charge on any atom is -0.462 e. The number of esters is 1. The highest BCUT2D eigenvalue weighted by Crippen LogP contribution is 2.22. The van der Waals surface area contributed by atoms with Crippen LogP contribution in [0.3, 0.4) is 0 Å². The standard InChI is InChI=1S/C10H10BrIO2/c1-3-14-10(13)8-4-7(11)5-9(12)6(8)2/h4-5H,3H2,1-2H3. The third-order valence-electron chi connectivity index (χ3n) is 1.80. The topological polar surface area (TPSA) is 26.3 Å². The van der Waals surface area contributed by atoms with Crippen molar-refractivity contribution in [2.24, 2.45) is 0 Å². The van der Waals surface area contributed by atoms with Crippen molar-refractivity contribution in [2.75, 3.05) is 6.61 Å². The van der Waals surface area contributed by atoms with Gasteiger partial charge in [0, 0.05) is 8.04 Å². The lowest BCUT2D eigenvalue weighted by Crippen LogP contribution is -2.07. The molecule has 1 rings (SSSR count). The van der Waals surface area contributed by atoms with Crippen molar-refractivity contribution in [1.82, 2.24) is 0 Å². The van der Waals surface area contributed by atoms with Crippen LogP contribution >= 0.6 is 38.5 Å². The van der Waals surface area contributed by atoms with E-state index < -0.39 is 0 Å². The van der Waals surface area contributed by atoms with Gasteiger partial charge >= 0.3 is 5.97 Å². The molecule has 0 spiro atoms. The molecule has 0 aliphatic heterocycles. The molecule has 0 radical (unpaired) electrons. The van der Waals surface area contributed by atoms with Gasteiger partial charge in [-0.15, -0.1) is 0 Å². The molecule has 0 N–H and O–H groups in total. The van der Waals surface area contributed by atoms with Crippen LogP contribution in [0.2, 0.25) is 0 Å². The minimum atomic E-state index is -0.260. The minimum absolute atomic E-state index is 0.260. The maximum absolute atomic E-state index is 11.5. The smallest absolute Gasteiger partial charge is 0.338 e. The first-order chi connectivity index (χ1) is 6.56. The van der Waals surface area contributed by atoms with Gasteiger partial charge < -0.3 is 4.74 Å². The van der Waals surface area contributed by atoms with E-state index in [1.807, 2.05) is 13.0 Å². The summed E-state index contributed by atoms with van der Waals surface area (Å²) in [6.45, 7) is 4.12. The lowest BCUT2D eigenvalue weighted by molar-refractivity contribution is 0.0525. The van der Waals surface area contributed by atoms with Crippen LogP contribution in [0.25, 0.3) is 0 Å². The van der Waals surface area contributed by atoms with Gasteiger partial charge in [0.05, 0.1) is 12.2 Å². The monoisotopic (exact) mass is 368 g/mol. The highest BCUT2D eigenvalue weighted by Gasteiger charge is 2.12. The summed E-state index contributed by atoms with van der Waals surface area (Å²) in [5.74, 6) is -0.260. The second-order valence-electron chi connectivity index (χ2n) is 2.78. The first-order valence-electron chi connectivity index (χ1n) is 4.19. The molecule has 76 valence electrons. The Morgan fingerprint density at radius 3 is 2.79 bits per heavy atom. The van der Waals surface area contributed by atoms with Gasteiger partial charge in [0.25, 0.3) is 0 Å². The summed E-state index contributed by atoms with van der Waals surface area (Å²) in [5, 5.41) is 0. The summed E-state index contributed by atoms with van der Waals surface area (Å²) >= 11 is 5.55. The second-order valence-corrected chi connectivity index (χ2v) is 4.86. The number of benzene rings is 1. The van der Waals surface area contributed by atoms with Crippen LogP contribution in [0.15, 0.2) is 16.6 Å². The first-order valence-corrected chi connectivity index (χ1v) is 6.06. The van der Waals surface area contributed by atoms with Gasteiger partial charge in [0.1, 0.15) is 0 Å². The Kier molecular flexibility index (Phi) is 4.37. The lowest BCUT2D eigenvalue weighted by Gasteiger charge is -2.07. The third kappa shape index (κ3) is 2.70. The third-order valence-corrected chi connectivity index (χ3v) is 3.38. The number of carbonyl (C=O) groups is 1. The van der Waals surface area contributed by atoms with Crippen molar-refractivity contribution in [1.29, 1.82) is 0 Å². The molecule has 4 heteroatoms. The summed E-state index contributed by atoms with van der Waals surface area (Å²) in [6.07, 6.45) is 0. The van der Waals surface area contributed by atoms with Crippen LogP contribution in [0.5, 0.6) is 0 Å². The number of carbonyl (C=O) groups excluding carboxylic acids is 1. The number of halogens is 2. The predicted molar refractivity (Wildman–Crippen MR) is 67.6 cm³/mol. The molecule has 1 aromatic carbocycles. The first kappa shape index (κ1) is 12.0. The van der Waals surface area contributed by atoms with Gasteiger partial charge in [-0.1, -0.05) is 15.9 Å². The Balaban J connectivity index is 3.13. The largest absolute Gasteiger partial charge is 0.462 e. The van der Waals surface area contributed by atoms with E-state index in [1.54, 1.807) is 13.0 Å². The fraction of sp³-hybridized carbons (Fsp3) is 0.300. The fourth-order valence-electron chi connectivity index (χ4n) is 1.07. The van der Waals surface area contributed by atoms with Crippen molar-refractivity contribution < 1.29 is 9.53 Å². The van der Waals surface area contributed by atoms with Crippen molar-refractivity contribution in [3.8, 4) is 0 Å². The summed E-state index contributed by atoms with van der Waals surface area (Å²) in [6, 6.07) is 3.76. The van der Waals surface area contributed by atoms with Crippen molar-refractivity contribution in [3.63, 3.8) is 0 Å². The van der Waals surface area contributed by atoms with Crippen LogP contribution in [0.1, 0.15) is 22.8 Å². The molecule has 0 saturated carbocycles. The van der Waals surface area contributed by atoms with Crippen LogP contribution in [-0.4, -0.2) is 12.6 Å². The number of rotatable bonds is 2. The van der Waals surface area contributed by atoms with E-state index in [0.29, 0.717) is 12.2 Å². The van der Waals surface area contributed by atoms with E-state index in [0.717, 1.165) is 13.6 Å². The van der Waals surface area contributed by atoms with E-state index in [-0.39, 0.29) is 5.97 Å². The molecule has 0 fully saturated rings. The molecule has 0 atom stereocenters. The van der Waals surface area contributed by atoms with Gasteiger partial charge in [-0.3, -0.25) is 0 Å². The van der Waals surface area contributed by atoms with Crippen molar-refractivity contribution in [2.45, 2.75) is 13.8 Å². The molecule has 0 amide bonds. The van der Waals surface area contributed by atoms with Gasteiger partial charge in [-0.25, -0.2) is 4.79 Å². The molecule has 0 heterocycles. The van der Waals surface area contributed by atoms with Crippen molar-refractivity contribution in [3.05, 3.63) is 31.3 Å². The number of ether oxygens (including phenoxy) is 1. The molecule has 0 bridgehead atoms. The van der Waals surface area contributed by atoms with E-state index in [2.05, 4.69) is 38.5 Å². The Morgan fingerprint density at radius 2 is 2.21 bits per heavy atom. The average molecular weight is 369 g/mol. The Labute approximate surface area is 105 Å². The van der Waals surface area contributed by atoms with Crippen LogP contribution in [0, 0.1) is 10.5 Å². The van der Waals surface area contributed by atoms with Crippen LogP contribution < -0.4 is 0 Å². The van der Waals surface area contributed by atoms with E-state index >= 15 is 0 Å². The molecule has 0 aliphatic carbocycles. The number of hydrogen-bond donors (Lipinski definition) is 0. The van der Waals surface area contributed by atoms with Gasteiger partial charge in [-0.05, 0) is 54.1 Å². The molecule has 14 heavy (non-hydrogen) atoms. The molecular formula is C10H10BrIO2. The quantitative estimate of drug-likeness (QED) is 0.589. The SMILES string of the molecule is CCOC(=O)c1cc(Br)cc(I)c1C. The van der Waals surface area contributed by atoms with E-state index in [1.165, 1.54) is 0 Å². The molecule has 0 saturated heterocycles. The Morgan fingerprint density at radius 1 is 1.57 bits per heavy atom. The van der Waals surface area contributed by atoms with Crippen molar-refractivity contribution >= 4 is 44.5 Å². The zero-order chi connectivity index (χ0) is 10.7. The predicted octanol–water partition coefficient (Wildman–Crippen LogP) is 3.54. The van der Waals surface area contributed by atoms with Crippen LogP contribution in [-0.2, 0) is 4.74 Å². The summed E-state index contributed by atoms with van der Waals surface area (Å²) in [4.78, 5) is 11.5. The maximum atomic E-state index is 11.5. The van der Waals surface area contributed by atoms with E-state index in [9.17, 15) is 4.79 Å². The second kappa shape index (κ2) is 5.11. The zero-order valence-electron chi connectivity index (χ0n) is 7.93. The molecule has 1 aromatic rings. The highest BCUT2D eigenvalue weighted by molar-refractivity contribution is 14.1. The molecule has 0 unspecified atom stereocenters. The Hall–Kier alpha value is -0.100. The van der Waals surface area contributed by atoms with Gasteiger partial charge in [-0.2, -0.15) is 0 Å². The Bertz CT molecular complexity index is 363. The summed E-state index contributed by atoms with van der Waals surface area (Å²) in [7, 11) is 0. The summed E-state index contributed by atoms with van der Waals surface area (Å²) < 4.78 is 6.91. The molecule has 2 nitrogen and oxygen atoms in total. The molecule has 0 aliphatic rings. The number of hydrogen-bond acceptors (Lipinski definition) is 2. The van der Waals surface area contributed by atoms with Gasteiger partial charge in [0.2, 0.25) is 0 Å². The van der Waals surface area contributed by atoms with Gasteiger partial charge in [0.15, 0.2) is 0 Å². The zero-order valence-corrected chi connectivity index (χ0v) is 11.7. The fourth-order valence-corrected chi connectivity index (χ4v) is 2.58. The molecule has 0 aromatic heterocycles. The summed E-state index contributed by atoms with van der Waals surface area (Å²) in [5.41, 5.74) is 1.60. The maximum Gasteiger partial charge on any atom is 0.338 e. The average Bonchev–Trinajstić information content (AvgIpc) is 2.11. The highest BCUT2D eigenvalue weighted by atomic mass is 127. The van der Waals surface area contributed by atoms with E-state index in [4.69, 9.17) is 4.74 Å². The van der Waals surface area contributed by atoms with Crippen LogP contribution in [0.4, 0.5) is 0 Å². The lowest BCUT2D eigenvalue weighted by atomic mass is 10.1. The normalized spacial score (nSPS) is 10.0.